The normalized spacial score (nSPS) is 10.3. The van der Waals surface area contributed by atoms with Crippen LogP contribution in [0.2, 0.25) is 0 Å². The third-order valence-electron chi connectivity index (χ3n) is 2.04. The maximum absolute atomic E-state index is 11.4. The van der Waals surface area contributed by atoms with Crippen molar-refractivity contribution in [3.8, 4) is 5.88 Å². The van der Waals surface area contributed by atoms with Gasteiger partial charge in [-0.3, -0.25) is 0 Å². The minimum Gasteiger partial charge on any atom is -0.493 e. The molecule has 0 aromatic carbocycles. The topological polar surface area (TPSA) is 72.3 Å². The van der Waals surface area contributed by atoms with E-state index >= 15 is 0 Å². The number of esters is 1. The molecule has 2 rings (SSSR count). The molecule has 16 heavy (non-hydrogen) atoms. The third kappa shape index (κ3) is 1.93. The van der Waals surface area contributed by atoms with Gasteiger partial charge < -0.3 is 9.84 Å². The van der Waals surface area contributed by atoms with Crippen LogP contribution in [0.25, 0.3) is 11.0 Å². The van der Waals surface area contributed by atoms with Crippen molar-refractivity contribution in [1.29, 1.82) is 0 Å². The summed E-state index contributed by atoms with van der Waals surface area (Å²) in [7, 11) is 0. The molecule has 0 atom stereocenters. The number of hydrogen-bond acceptors (Lipinski definition) is 5. The van der Waals surface area contributed by atoms with Crippen LogP contribution in [0.4, 0.5) is 0 Å². The van der Waals surface area contributed by atoms with Gasteiger partial charge in [-0.15, -0.1) is 0 Å². The van der Waals surface area contributed by atoms with Crippen molar-refractivity contribution >= 4 is 17.0 Å². The third-order valence-corrected chi connectivity index (χ3v) is 2.04. The first-order chi connectivity index (χ1) is 7.70. The predicted octanol–water partition coefficient (Wildman–Crippen LogP) is 1.51. The van der Waals surface area contributed by atoms with E-state index < -0.39 is 5.97 Å². The molecule has 2 heterocycles. The van der Waals surface area contributed by atoms with Crippen LogP contribution in [0.1, 0.15) is 17.3 Å². The van der Waals surface area contributed by atoms with Gasteiger partial charge in [0.2, 0.25) is 5.88 Å². The van der Waals surface area contributed by atoms with E-state index in [1.807, 2.05) is 0 Å². The summed E-state index contributed by atoms with van der Waals surface area (Å²) < 4.78 is 4.85. The number of nitrogens with zero attached hydrogens (tertiary/aromatic N) is 2. The van der Waals surface area contributed by atoms with Gasteiger partial charge in [0.15, 0.2) is 5.65 Å². The molecule has 2 aromatic heterocycles. The van der Waals surface area contributed by atoms with E-state index in [-0.39, 0.29) is 5.88 Å². The summed E-state index contributed by atoms with van der Waals surface area (Å²) in [6.45, 7) is 2.07. The second-order valence-corrected chi connectivity index (χ2v) is 3.16. The van der Waals surface area contributed by atoms with Gasteiger partial charge in [0.25, 0.3) is 0 Å². The molecular formula is C11H10N2O3. The molecule has 0 aliphatic heterocycles. The van der Waals surface area contributed by atoms with Gasteiger partial charge in [0.05, 0.1) is 12.2 Å². The lowest BCUT2D eigenvalue weighted by molar-refractivity contribution is 0.0526. The first-order valence-electron chi connectivity index (χ1n) is 4.83. The van der Waals surface area contributed by atoms with Crippen LogP contribution in [-0.2, 0) is 4.74 Å². The van der Waals surface area contributed by atoms with E-state index in [9.17, 15) is 4.79 Å². The van der Waals surface area contributed by atoms with Crippen molar-refractivity contribution in [2.45, 2.75) is 6.92 Å². The number of aromatic nitrogens is 2. The number of ether oxygens (including phenoxy) is 1. The van der Waals surface area contributed by atoms with E-state index in [0.717, 1.165) is 0 Å². The second kappa shape index (κ2) is 4.14. The second-order valence-electron chi connectivity index (χ2n) is 3.16. The Hall–Kier alpha value is -2.17. The maximum Gasteiger partial charge on any atom is 0.339 e. The van der Waals surface area contributed by atoms with Crippen LogP contribution < -0.4 is 0 Å². The number of carbonyl (C=O) groups excluding carboxylic acids is 1. The highest BCUT2D eigenvalue weighted by molar-refractivity contribution is 5.92. The Bertz CT molecular complexity index is 540. The molecule has 0 amide bonds. The van der Waals surface area contributed by atoms with Gasteiger partial charge in [-0.2, -0.15) is 4.98 Å². The molecule has 0 fully saturated rings. The number of rotatable bonds is 2. The number of hydrogen-bond donors (Lipinski definition) is 1. The summed E-state index contributed by atoms with van der Waals surface area (Å²) in [5.74, 6) is -0.506. The lowest BCUT2D eigenvalue weighted by atomic mass is 10.2. The molecule has 5 nitrogen and oxygen atoms in total. The monoisotopic (exact) mass is 218 g/mol. The summed E-state index contributed by atoms with van der Waals surface area (Å²) in [4.78, 5) is 19.2. The average Bonchev–Trinajstić information content (AvgIpc) is 2.28. The lowest BCUT2D eigenvalue weighted by Gasteiger charge is -2.02. The Morgan fingerprint density at radius 1 is 1.50 bits per heavy atom. The van der Waals surface area contributed by atoms with Crippen LogP contribution in [0.15, 0.2) is 24.4 Å². The summed E-state index contributed by atoms with van der Waals surface area (Å²) in [5.41, 5.74) is 0.773. The van der Waals surface area contributed by atoms with E-state index in [1.54, 1.807) is 19.1 Å². The highest BCUT2D eigenvalue weighted by Gasteiger charge is 2.08. The molecule has 82 valence electrons. The van der Waals surface area contributed by atoms with Crippen LogP contribution >= 0.6 is 0 Å². The molecule has 5 heteroatoms. The minimum absolute atomic E-state index is 0.0936. The molecule has 0 saturated carbocycles. The van der Waals surface area contributed by atoms with Crippen molar-refractivity contribution in [2.24, 2.45) is 0 Å². The Morgan fingerprint density at radius 3 is 3.06 bits per heavy atom. The number of fused-ring (bicyclic) bond motifs is 1. The van der Waals surface area contributed by atoms with Gasteiger partial charge in [-0.1, -0.05) is 0 Å². The number of aromatic hydroxyl groups is 1. The zero-order valence-corrected chi connectivity index (χ0v) is 8.67. The first kappa shape index (κ1) is 10.4. The Balaban J connectivity index is 2.44. The smallest absolute Gasteiger partial charge is 0.339 e. The van der Waals surface area contributed by atoms with Crippen LogP contribution in [0.3, 0.4) is 0 Å². The van der Waals surface area contributed by atoms with Gasteiger partial charge in [0.1, 0.15) is 0 Å². The molecule has 0 bridgehead atoms. The molecule has 0 aliphatic rings. The van der Waals surface area contributed by atoms with Crippen molar-refractivity contribution in [1.82, 2.24) is 9.97 Å². The van der Waals surface area contributed by atoms with E-state index in [1.165, 1.54) is 12.3 Å². The summed E-state index contributed by atoms with van der Waals surface area (Å²) in [5, 5.41) is 9.83. The highest BCUT2D eigenvalue weighted by Crippen LogP contribution is 2.15. The first-order valence-corrected chi connectivity index (χ1v) is 4.83. The standard InChI is InChI=1S/C11H10N2O3/c1-2-16-11(15)8-5-7-3-4-9(14)13-10(7)12-6-8/h3-6H,2H2,1H3,(H,12,13,14). The fourth-order valence-corrected chi connectivity index (χ4v) is 1.33. The van der Waals surface area contributed by atoms with Crippen molar-refractivity contribution in [3.63, 3.8) is 0 Å². The average molecular weight is 218 g/mol. The number of carbonyl (C=O) groups is 1. The van der Waals surface area contributed by atoms with Crippen LogP contribution in [0, 0.1) is 0 Å². The summed E-state index contributed by atoms with van der Waals surface area (Å²) >= 11 is 0. The van der Waals surface area contributed by atoms with Crippen molar-refractivity contribution in [3.05, 3.63) is 30.0 Å². The zero-order chi connectivity index (χ0) is 11.5. The van der Waals surface area contributed by atoms with Gasteiger partial charge in [-0.25, -0.2) is 9.78 Å². The molecule has 0 spiro atoms. The highest BCUT2D eigenvalue weighted by atomic mass is 16.5. The van der Waals surface area contributed by atoms with Crippen LogP contribution in [0.5, 0.6) is 5.88 Å². The molecule has 2 aromatic rings. The van der Waals surface area contributed by atoms with E-state index in [0.29, 0.717) is 23.2 Å². The molecule has 0 aliphatic carbocycles. The Kier molecular flexibility index (Phi) is 2.68. The minimum atomic E-state index is -0.412. The Morgan fingerprint density at radius 2 is 2.31 bits per heavy atom. The van der Waals surface area contributed by atoms with E-state index in [4.69, 9.17) is 9.84 Å². The Labute approximate surface area is 91.7 Å². The van der Waals surface area contributed by atoms with E-state index in [2.05, 4.69) is 9.97 Å². The largest absolute Gasteiger partial charge is 0.493 e. The van der Waals surface area contributed by atoms with Crippen LogP contribution in [-0.4, -0.2) is 27.7 Å². The summed E-state index contributed by atoms with van der Waals surface area (Å²) in [6, 6.07) is 4.72. The number of pyridine rings is 2. The van der Waals surface area contributed by atoms with Gasteiger partial charge >= 0.3 is 5.97 Å². The molecule has 0 unspecified atom stereocenters. The zero-order valence-electron chi connectivity index (χ0n) is 8.67. The predicted molar refractivity (Wildman–Crippen MR) is 57.2 cm³/mol. The SMILES string of the molecule is CCOC(=O)c1cnc2nc(O)ccc2c1. The fraction of sp³-hybridized carbons (Fsp3) is 0.182. The molecular weight excluding hydrogens is 208 g/mol. The van der Waals surface area contributed by atoms with Crippen molar-refractivity contribution in [2.75, 3.05) is 6.61 Å². The quantitative estimate of drug-likeness (QED) is 0.773. The summed E-state index contributed by atoms with van der Waals surface area (Å²) in [6.07, 6.45) is 1.38. The fourth-order valence-electron chi connectivity index (χ4n) is 1.33. The molecule has 1 N–H and O–H groups in total. The lowest BCUT2D eigenvalue weighted by Crippen LogP contribution is -2.05. The molecule has 0 radical (unpaired) electrons. The maximum atomic E-state index is 11.4. The van der Waals surface area contributed by atoms with Gasteiger partial charge in [-0.05, 0) is 19.1 Å². The van der Waals surface area contributed by atoms with Gasteiger partial charge in [0, 0.05) is 17.6 Å². The van der Waals surface area contributed by atoms with Crippen molar-refractivity contribution < 1.29 is 14.6 Å². The molecule has 0 saturated heterocycles.